The van der Waals surface area contributed by atoms with Crippen molar-refractivity contribution in [2.24, 2.45) is 5.16 Å². The van der Waals surface area contributed by atoms with Gasteiger partial charge in [0.15, 0.2) is 0 Å². The zero-order valence-corrected chi connectivity index (χ0v) is 8.52. The van der Waals surface area contributed by atoms with Crippen LogP contribution < -0.4 is 10.1 Å². The molecule has 15 heavy (non-hydrogen) atoms. The minimum atomic E-state index is -0.484. The number of rotatable bonds is 3. The van der Waals surface area contributed by atoms with Crippen molar-refractivity contribution < 1.29 is 14.7 Å². The molecule has 0 unspecified atom stereocenters. The summed E-state index contributed by atoms with van der Waals surface area (Å²) >= 11 is 0. The number of anilines is 1. The Morgan fingerprint density at radius 3 is 2.87 bits per heavy atom. The second-order valence-electron chi connectivity index (χ2n) is 2.92. The Labute approximate surface area is 87.4 Å². The molecule has 0 aromatic heterocycles. The maximum atomic E-state index is 11.0. The Hall–Kier alpha value is -2.04. The van der Waals surface area contributed by atoms with Gasteiger partial charge in [0.05, 0.1) is 7.11 Å². The van der Waals surface area contributed by atoms with Crippen LogP contribution in [0, 0.1) is 6.92 Å². The van der Waals surface area contributed by atoms with Crippen molar-refractivity contribution in [2.45, 2.75) is 6.92 Å². The summed E-state index contributed by atoms with van der Waals surface area (Å²) in [4.78, 5) is 11.0. The molecule has 0 radical (unpaired) electrons. The average molecular weight is 208 g/mol. The third kappa shape index (κ3) is 2.98. The van der Waals surface area contributed by atoms with Crippen LogP contribution >= 0.6 is 0 Å². The third-order valence-electron chi connectivity index (χ3n) is 1.84. The van der Waals surface area contributed by atoms with Crippen LogP contribution in [0.15, 0.2) is 23.4 Å². The van der Waals surface area contributed by atoms with Gasteiger partial charge in [-0.3, -0.25) is 4.79 Å². The van der Waals surface area contributed by atoms with E-state index < -0.39 is 5.91 Å². The minimum absolute atomic E-state index is 0.484. The van der Waals surface area contributed by atoms with Gasteiger partial charge in [0.1, 0.15) is 12.0 Å². The molecule has 1 aromatic rings. The van der Waals surface area contributed by atoms with E-state index in [2.05, 4.69) is 10.5 Å². The first-order valence-electron chi connectivity index (χ1n) is 4.30. The highest BCUT2D eigenvalue weighted by molar-refractivity contribution is 6.31. The highest BCUT2D eigenvalue weighted by atomic mass is 16.5. The molecule has 1 rings (SSSR count). The summed E-state index contributed by atoms with van der Waals surface area (Å²) in [6.45, 7) is 1.87. The Kier molecular flexibility index (Phi) is 3.68. The highest BCUT2D eigenvalue weighted by Gasteiger charge is 2.02. The molecule has 1 amide bonds. The summed E-state index contributed by atoms with van der Waals surface area (Å²) in [5.41, 5.74) is 1.54. The standard InChI is InChI=1S/C10H12N2O3/c1-7-5-8(3-4-9(7)15-2)12-10(13)6-11-14/h3-6,14H,1-2H3,(H,12,13)/b11-6+. The van der Waals surface area contributed by atoms with E-state index in [9.17, 15) is 4.79 Å². The summed E-state index contributed by atoms with van der Waals surface area (Å²) in [6.07, 6.45) is 0.791. The van der Waals surface area contributed by atoms with Crippen LogP contribution in [0.5, 0.6) is 5.75 Å². The lowest BCUT2D eigenvalue weighted by Crippen LogP contribution is -2.12. The van der Waals surface area contributed by atoms with E-state index in [1.807, 2.05) is 6.92 Å². The minimum Gasteiger partial charge on any atom is -0.496 e. The predicted octanol–water partition coefficient (Wildman–Crippen LogP) is 1.40. The van der Waals surface area contributed by atoms with Gasteiger partial charge in [-0.25, -0.2) is 0 Å². The van der Waals surface area contributed by atoms with Crippen molar-refractivity contribution in [1.82, 2.24) is 0 Å². The van der Waals surface area contributed by atoms with Gasteiger partial charge in [-0.2, -0.15) is 0 Å². The number of ether oxygens (including phenoxy) is 1. The van der Waals surface area contributed by atoms with Crippen LogP contribution in [0.4, 0.5) is 5.69 Å². The van der Waals surface area contributed by atoms with Crippen LogP contribution in [-0.4, -0.2) is 24.4 Å². The summed E-state index contributed by atoms with van der Waals surface area (Å²) in [6, 6.07) is 5.22. The van der Waals surface area contributed by atoms with E-state index in [0.717, 1.165) is 17.5 Å². The van der Waals surface area contributed by atoms with Crippen LogP contribution in [0.25, 0.3) is 0 Å². The van der Waals surface area contributed by atoms with Crippen molar-refractivity contribution in [2.75, 3.05) is 12.4 Å². The van der Waals surface area contributed by atoms with Gasteiger partial charge in [-0.05, 0) is 30.7 Å². The molecule has 0 atom stereocenters. The molecular formula is C10H12N2O3. The molecule has 0 heterocycles. The molecule has 0 aliphatic rings. The Morgan fingerprint density at radius 1 is 1.60 bits per heavy atom. The van der Waals surface area contributed by atoms with Gasteiger partial charge >= 0.3 is 0 Å². The topological polar surface area (TPSA) is 70.9 Å². The van der Waals surface area contributed by atoms with Gasteiger partial charge in [0, 0.05) is 5.69 Å². The van der Waals surface area contributed by atoms with Crippen molar-refractivity contribution in [3.63, 3.8) is 0 Å². The van der Waals surface area contributed by atoms with Crippen LogP contribution in [-0.2, 0) is 4.79 Å². The molecule has 1 aromatic carbocycles. The van der Waals surface area contributed by atoms with Crippen molar-refractivity contribution in [3.05, 3.63) is 23.8 Å². The lowest BCUT2D eigenvalue weighted by atomic mass is 10.2. The summed E-state index contributed by atoms with van der Waals surface area (Å²) in [5.74, 6) is 0.269. The maximum absolute atomic E-state index is 11.0. The highest BCUT2D eigenvalue weighted by Crippen LogP contribution is 2.21. The van der Waals surface area contributed by atoms with Crippen molar-refractivity contribution in [1.29, 1.82) is 0 Å². The number of nitrogens with zero attached hydrogens (tertiary/aromatic N) is 1. The molecule has 0 spiro atoms. The number of carbonyl (C=O) groups is 1. The Bertz CT molecular complexity index is 388. The molecule has 5 nitrogen and oxygen atoms in total. The lowest BCUT2D eigenvalue weighted by molar-refractivity contribution is -0.110. The normalized spacial score (nSPS) is 10.3. The Morgan fingerprint density at radius 2 is 2.33 bits per heavy atom. The molecule has 0 saturated heterocycles. The van der Waals surface area contributed by atoms with Crippen molar-refractivity contribution in [3.8, 4) is 5.75 Å². The third-order valence-corrected chi connectivity index (χ3v) is 1.84. The summed E-state index contributed by atoms with van der Waals surface area (Å²) in [7, 11) is 1.58. The number of amides is 1. The molecule has 0 aliphatic carbocycles. The number of aryl methyl sites for hydroxylation is 1. The van der Waals surface area contributed by atoms with Gasteiger partial charge in [-0.1, -0.05) is 5.16 Å². The first-order chi connectivity index (χ1) is 7.17. The zero-order valence-electron chi connectivity index (χ0n) is 8.52. The van der Waals surface area contributed by atoms with E-state index in [1.54, 1.807) is 25.3 Å². The number of hydrogen-bond acceptors (Lipinski definition) is 4. The smallest absolute Gasteiger partial charge is 0.270 e. The SMILES string of the molecule is COc1ccc(NC(=O)/C=N/O)cc1C. The molecule has 0 saturated carbocycles. The van der Waals surface area contributed by atoms with Crippen LogP contribution in [0.3, 0.4) is 0 Å². The fourth-order valence-electron chi connectivity index (χ4n) is 1.18. The first-order valence-corrected chi connectivity index (χ1v) is 4.30. The van der Waals surface area contributed by atoms with Gasteiger partial charge in [-0.15, -0.1) is 0 Å². The fourth-order valence-corrected chi connectivity index (χ4v) is 1.18. The number of methoxy groups -OCH3 is 1. The lowest BCUT2D eigenvalue weighted by Gasteiger charge is -2.07. The number of benzene rings is 1. The molecule has 0 aliphatic heterocycles. The molecular weight excluding hydrogens is 196 g/mol. The second-order valence-corrected chi connectivity index (χ2v) is 2.92. The van der Waals surface area contributed by atoms with E-state index in [1.165, 1.54) is 0 Å². The Balaban J connectivity index is 2.79. The van der Waals surface area contributed by atoms with Gasteiger partial charge in [0.25, 0.3) is 5.91 Å². The monoisotopic (exact) mass is 208 g/mol. The number of carbonyl (C=O) groups excluding carboxylic acids is 1. The molecule has 80 valence electrons. The van der Waals surface area contributed by atoms with Crippen LogP contribution in [0.1, 0.15) is 5.56 Å². The molecule has 5 heteroatoms. The zero-order chi connectivity index (χ0) is 11.3. The van der Waals surface area contributed by atoms with E-state index in [4.69, 9.17) is 9.94 Å². The quantitative estimate of drug-likeness (QED) is 0.448. The summed E-state index contributed by atoms with van der Waals surface area (Å²) < 4.78 is 5.07. The average Bonchev–Trinajstić information content (AvgIpc) is 2.18. The molecule has 2 N–H and O–H groups in total. The van der Waals surface area contributed by atoms with E-state index >= 15 is 0 Å². The number of oxime groups is 1. The fraction of sp³-hybridized carbons (Fsp3) is 0.200. The largest absolute Gasteiger partial charge is 0.496 e. The predicted molar refractivity (Wildman–Crippen MR) is 56.6 cm³/mol. The van der Waals surface area contributed by atoms with E-state index in [-0.39, 0.29) is 0 Å². The van der Waals surface area contributed by atoms with Crippen molar-refractivity contribution >= 4 is 17.8 Å². The number of hydrogen-bond donors (Lipinski definition) is 2. The van der Waals surface area contributed by atoms with Crippen LogP contribution in [0.2, 0.25) is 0 Å². The molecule has 0 bridgehead atoms. The molecule has 0 fully saturated rings. The second kappa shape index (κ2) is 4.99. The number of nitrogens with one attached hydrogen (secondary N) is 1. The summed E-state index contributed by atoms with van der Waals surface area (Å²) in [5, 5.41) is 13.3. The van der Waals surface area contributed by atoms with E-state index in [0.29, 0.717) is 5.69 Å². The maximum Gasteiger partial charge on any atom is 0.270 e. The first kappa shape index (κ1) is 11.0. The van der Waals surface area contributed by atoms with Gasteiger partial charge in [0.2, 0.25) is 0 Å². The van der Waals surface area contributed by atoms with Gasteiger partial charge < -0.3 is 15.3 Å².